The van der Waals surface area contributed by atoms with E-state index in [1.165, 1.54) is 87.7 Å². The summed E-state index contributed by atoms with van der Waals surface area (Å²) in [5.74, 6) is 0.717. The van der Waals surface area contributed by atoms with Crippen LogP contribution in [0.5, 0.6) is 0 Å². The van der Waals surface area contributed by atoms with Crippen LogP contribution < -0.4 is 0 Å². The molecular formula is C52H40N2. The number of benzene rings is 7. The lowest BCUT2D eigenvalue weighted by Crippen LogP contribution is -2.27. The molecule has 1 spiro atoms. The van der Waals surface area contributed by atoms with Crippen LogP contribution in [0.15, 0.2) is 182 Å². The van der Waals surface area contributed by atoms with E-state index in [0.717, 1.165) is 28.1 Å². The summed E-state index contributed by atoms with van der Waals surface area (Å²) in [5.41, 5.74) is 18.4. The second kappa shape index (κ2) is 13.5. The fourth-order valence-corrected chi connectivity index (χ4v) is 9.06. The van der Waals surface area contributed by atoms with Gasteiger partial charge in [0.15, 0.2) is 5.82 Å². The van der Waals surface area contributed by atoms with Gasteiger partial charge in [-0.25, -0.2) is 9.97 Å². The Morgan fingerprint density at radius 3 is 1.54 bits per heavy atom. The molecule has 1 saturated carbocycles. The molecular weight excluding hydrogens is 653 g/mol. The molecule has 54 heavy (non-hydrogen) atoms. The first-order chi connectivity index (χ1) is 26.7. The van der Waals surface area contributed by atoms with E-state index in [9.17, 15) is 0 Å². The van der Waals surface area contributed by atoms with Crippen LogP contribution in [0.2, 0.25) is 0 Å². The SMILES string of the molecule is c1ccc(-c2ccc(-c3cc(-c4ccccc4)nc(-c4ccc(-c5cccc(-c6cccc7c6-c6ccccc6C76CCCCC6)c5)cc4)n3)cc2)cc1. The molecule has 0 saturated heterocycles. The van der Waals surface area contributed by atoms with Crippen LogP contribution in [-0.4, -0.2) is 9.97 Å². The van der Waals surface area contributed by atoms with Crippen molar-refractivity contribution in [3.8, 4) is 78.4 Å². The minimum atomic E-state index is 0.152. The zero-order valence-corrected chi connectivity index (χ0v) is 30.3. The highest BCUT2D eigenvalue weighted by Crippen LogP contribution is 2.57. The molecule has 2 aliphatic rings. The molecule has 10 rings (SSSR count). The Balaban J connectivity index is 1.00. The summed E-state index contributed by atoms with van der Waals surface area (Å²) in [6, 6.07) is 65.7. The predicted molar refractivity (Wildman–Crippen MR) is 224 cm³/mol. The van der Waals surface area contributed by atoms with Gasteiger partial charge in [0.2, 0.25) is 0 Å². The molecule has 1 heterocycles. The highest BCUT2D eigenvalue weighted by atomic mass is 14.9. The molecule has 0 bridgehead atoms. The van der Waals surface area contributed by atoms with Gasteiger partial charge in [-0.15, -0.1) is 0 Å². The molecule has 2 aliphatic carbocycles. The minimum Gasteiger partial charge on any atom is -0.228 e. The Morgan fingerprint density at radius 2 is 0.815 bits per heavy atom. The summed E-state index contributed by atoms with van der Waals surface area (Å²) in [4.78, 5) is 10.2. The second-order valence-corrected chi connectivity index (χ2v) is 14.8. The maximum absolute atomic E-state index is 5.13. The highest BCUT2D eigenvalue weighted by molar-refractivity contribution is 5.93. The van der Waals surface area contributed by atoms with Gasteiger partial charge in [-0.05, 0) is 80.6 Å². The van der Waals surface area contributed by atoms with Gasteiger partial charge < -0.3 is 0 Å². The van der Waals surface area contributed by atoms with Crippen LogP contribution in [0.1, 0.15) is 43.2 Å². The van der Waals surface area contributed by atoms with Crippen LogP contribution in [0.4, 0.5) is 0 Å². The van der Waals surface area contributed by atoms with Crippen molar-refractivity contribution in [3.05, 3.63) is 193 Å². The maximum atomic E-state index is 5.13. The molecule has 7 aromatic carbocycles. The summed E-state index contributed by atoms with van der Waals surface area (Å²) < 4.78 is 0. The van der Waals surface area contributed by atoms with Gasteiger partial charge in [0.25, 0.3) is 0 Å². The highest BCUT2D eigenvalue weighted by Gasteiger charge is 2.44. The number of hydrogen-bond acceptors (Lipinski definition) is 2. The smallest absolute Gasteiger partial charge is 0.160 e. The van der Waals surface area contributed by atoms with Crippen LogP contribution in [0.25, 0.3) is 78.4 Å². The molecule has 1 aromatic heterocycles. The topological polar surface area (TPSA) is 25.8 Å². The average molecular weight is 693 g/mol. The predicted octanol–water partition coefficient (Wildman–Crippen LogP) is 13.7. The summed E-state index contributed by atoms with van der Waals surface area (Å²) in [6.07, 6.45) is 6.43. The number of hydrogen-bond donors (Lipinski definition) is 0. The molecule has 0 unspecified atom stereocenters. The lowest BCUT2D eigenvalue weighted by atomic mass is 9.68. The molecule has 1 fully saturated rings. The van der Waals surface area contributed by atoms with E-state index < -0.39 is 0 Å². The summed E-state index contributed by atoms with van der Waals surface area (Å²) in [6.45, 7) is 0. The number of fused-ring (bicyclic) bond motifs is 5. The van der Waals surface area contributed by atoms with Gasteiger partial charge in [-0.1, -0.05) is 189 Å². The van der Waals surface area contributed by atoms with Crippen molar-refractivity contribution in [1.29, 1.82) is 0 Å². The van der Waals surface area contributed by atoms with E-state index in [1.807, 2.05) is 6.07 Å². The van der Waals surface area contributed by atoms with Gasteiger partial charge in [-0.3, -0.25) is 0 Å². The van der Waals surface area contributed by atoms with Crippen LogP contribution in [0, 0.1) is 0 Å². The van der Waals surface area contributed by atoms with Crippen LogP contribution in [0.3, 0.4) is 0 Å². The fraction of sp³-hybridized carbons (Fsp3) is 0.115. The summed E-state index contributed by atoms with van der Waals surface area (Å²) in [7, 11) is 0. The van der Waals surface area contributed by atoms with Crippen molar-refractivity contribution >= 4 is 0 Å². The molecule has 8 aromatic rings. The zero-order valence-electron chi connectivity index (χ0n) is 30.3. The second-order valence-electron chi connectivity index (χ2n) is 14.8. The van der Waals surface area contributed by atoms with Gasteiger partial charge in [0.1, 0.15) is 0 Å². The van der Waals surface area contributed by atoms with E-state index in [4.69, 9.17) is 9.97 Å². The third-order valence-corrected chi connectivity index (χ3v) is 11.7. The quantitative estimate of drug-likeness (QED) is 0.173. The molecule has 2 heteroatoms. The average Bonchev–Trinajstić information content (AvgIpc) is 3.53. The number of aromatic nitrogens is 2. The molecule has 2 nitrogen and oxygen atoms in total. The normalized spacial score (nSPS) is 14.1. The van der Waals surface area contributed by atoms with Gasteiger partial charge in [-0.2, -0.15) is 0 Å². The Labute approximate surface area is 317 Å². The standard InChI is InChI=1S/C52H40N2/c1-4-14-36(15-5-1)37-24-28-40(29-25-37)49-35-48(39-16-6-2-7-17-39)53-51(54-49)41-30-26-38(27-31-41)42-18-12-19-43(34-42)44-21-13-23-47-50(44)45-20-8-9-22-46(45)52(47)32-10-3-11-33-52/h1-2,4-9,12-31,34-35H,3,10-11,32-33H2. The maximum Gasteiger partial charge on any atom is 0.160 e. The fourth-order valence-electron chi connectivity index (χ4n) is 9.06. The monoisotopic (exact) mass is 692 g/mol. The summed E-state index contributed by atoms with van der Waals surface area (Å²) in [5, 5.41) is 0. The van der Waals surface area contributed by atoms with Crippen molar-refractivity contribution in [2.75, 3.05) is 0 Å². The molecule has 0 N–H and O–H groups in total. The first-order valence-corrected chi connectivity index (χ1v) is 19.3. The Hall–Kier alpha value is -6.38. The van der Waals surface area contributed by atoms with E-state index in [0.29, 0.717) is 5.82 Å². The first kappa shape index (κ1) is 32.3. The third-order valence-electron chi connectivity index (χ3n) is 11.7. The van der Waals surface area contributed by atoms with E-state index in [1.54, 1.807) is 0 Å². The molecule has 258 valence electrons. The van der Waals surface area contributed by atoms with Crippen LogP contribution in [-0.2, 0) is 5.41 Å². The van der Waals surface area contributed by atoms with E-state index in [2.05, 4.69) is 176 Å². The van der Waals surface area contributed by atoms with Crippen molar-refractivity contribution in [3.63, 3.8) is 0 Å². The number of nitrogens with zero attached hydrogens (tertiary/aromatic N) is 2. The van der Waals surface area contributed by atoms with Crippen molar-refractivity contribution in [2.24, 2.45) is 0 Å². The lowest BCUT2D eigenvalue weighted by Gasteiger charge is -2.36. The largest absolute Gasteiger partial charge is 0.228 e. The van der Waals surface area contributed by atoms with Gasteiger partial charge in [0, 0.05) is 22.1 Å². The zero-order chi connectivity index (χ0) is 35.9. The first-order valence-electron chi connectivity index (χ1n) is 19.3. The number of rotatable bonds is 6. The van der Waals surface area contributed by atoms with Gasteiger partial charge in [0.05, 0.1) is 11.4 Å². The Bertz CT molecular complexity index is 2600. The Morgan fingerprint density at radius 1 is 0.333 bits per heavy atom. The lowest BCUT2D eigenvalue weighted by molar-refractivity contribution is 0.353. The van der Waals surface area contributed by atoms with Crippen LogP contribution >= 0.6 is 0 Å². The van der Waals surface area contributed by atoms with E-state index >= 15 is 0 Å². The minimum absolute atomic E-state index is 0.152. The molecule has 0 radical (unpaired) electrons. The molecule has 0 amide bonds. The van der Waals surface area contributed by atoms with Crippen molar-refractivity contribution in [1.82, 2.24) is 9.97 Å². The van der Waals surface area contributed by atoms with Crippen molar-refractivity contribution in [2.45, 2.75) is 37.5 Å². The molecule has 0 aliphatic heterocycles. The van der Waals surface area contributed by atoms with E-state index in [-0.39, 0.29) is 5.41 Å². The third kappa shape index (κ3) is 5.67. The Kier molecular flexibility index (Phi) is 8.10. The molecule has 0 atom stereocenters. The summed E-state index contributed by atoms with van der Waals surface area (Å²) >= 11 is 0. The van der Waals surface area contributed by atoms with Gasteiger partial charge >= 0.3 is 0 Å². The van der Waals surface area contributed by atoms with Crippen molar-refractivity contribution < 1.29 is 0 Å².